The van der Waals surface area contributed by atoms with Crippen molar-refractivity contribution in [3.63, 3.8) is 0 Å². The standard InChI is InChI=1S/C30H24P2.C10H13.BrH.Pd/c1-5-15-25(16-6-1)31(26-17-7-2-8-18-26)29-23-13-14-24-30(29)32(27-19-9-3-10-20-27)28-21-11-4-12-22-28;1-10(2,3)9-7-5-4-6-8-9;;/h1-24H;5-8H,1-3H3;1H;/q;-1;;+2/p-1. The van der Waals surface area contributed by atoms with Crippen LogP contribution in [0.3, 0.4) is 0 Å². The van der Waals surface area contributed by atoms with Crippen LogP contribution in [0, 0.1) is 6.07 Å². The second-order valence-electron chi connectivity index (χ2n) is 11.0. The van der Waals surface area contributed by atoms with Crippen molar-refractivity contribution in [3.05, 3.63) is 181 Å². The van der Waals surface area contributed by atoms with Gasteiger partial charge in [-0.2, -0.15) is 35.9 Å². The fourth-order valence-electron chi connectivity index (χ4n) is 4.89. The molecule has 0 aliphatic carbocycles. The fourth-order valence-corrected chi connectivity index (χ4v) is 10.2. The van der Waals surface area contributed by atoms with Crippen LogP contribution in [0.5, 0.6) is 0 Å². The van der Waals surface area contributed by atoms with Crippen molar-refractivity contribution in [1.29, 1.82) is 0 Å². The maximum absolute atomic E-state index is 3.00. The molecule has 0 amide bonds. The second kappa shape index (κ2) is 17.7. The van der Waals surface area contributed by atoms with E-state index in [9.17, 15) is 0 Å². The van der Waals surface area contributed by atoms with Crippen molar-refractivity contribution in [2.75, 3.05) is 0 Å². The molecule has 0 saturated carbocycles. The largest absolute Gasteiger partial charge is 0.0622 e. The third-order valence-electron chi connectivity index (χ3n) is 7.01. The van der Waals surface area contributed by atoms with Crippen LogP contribution < -0.4 is 31.8 Å². The first kappa shape index (κ1) is 34.2. The molecule has 0 aromatic heterocycles. The van der Waals surface area contributed by atoms with Crippen molar-refractivity contribution in [1.82, 2.24) is 0 Å². The molecule has 44 heavy (non-hydrogen) atoms. The molecule has 6 aromatic rings. The Morgan fingerprint density at radius 3 is 0.955 bits per heavy atom. The van der Waals surface area contributed by atoms with E-state index in [0.29, 0.717) is 0 Å². The van der Waals surface area contributed by atoms with Gasteiger partial charge in [0.25, 0.3) is 0 Å². The Balaban J connectivity index is 0.000000312. The Labute approximate surface area is 284 Å². The summed E-state index contributed by atoms with van der Waals surface area (Å²) in [5.41, 5.74) is 1.64. The molecule has 6 rings (SSSR count). The molecule has 0 fully saturated rings. The van der Waals surface area contributed by atoms with Crippen LogP contribution >= 0.6 is 29.3 Å². The SMILES string of the molecule is CC(C)(C)c1cc[c-]cc1.[Br][Pd+].c1ccc(P(c2ccccc2)c2ccccc2P(c2ccccc2)c2ccccc2)cc1. The molecule has 0 heterocycles. The van der Waals surface area contributed by atoms with Crippen molar-refractivity contribution in [2.24, 2.45) is 0 Å². The van der Waals surface area contributed by atoms with Gasteiger partial charge >= 0.3 is 30.6 Å². The van der Waals surface area contributed by atoms with Gasteiger partial charge in [0.2, 0.25) is 0 Å². The maximum atomic E-state index is 3.00. The van der Waals surface area contributed by atoms with Crippen LogP contribution in [0.25, 0.3) is 0 Å². The van der Waals surface area contributed by atoms with Crippen molar-refractivity contribution in [3.8, 4) is 0 Å². The van der Waals surface area contributed by atoms with Crippen LogP contribution in [0.4, 0.5) is 0 Å². The summed E-state index contributed by atoms with van der Waals surface area (Å²) in [7, 11) is -1.33. The third-order valence-corrected chi connectivity index (χ3v) is 12.2. The van der Waals surface area contributed by atoms with E-state index in [1.807, 2.05) is 12.1 Å². The summed E-state index contributed by atoms with van der Waals surface area (Å²) in [4.78, 5) is 0. The Hall–Kier alpha value is -2.68. The van der Waals surface area contributed by atoms with Crippen molar-refractivity contribution >= 4 is 61.1 Å². The first-order valence-corrected chi connectivity index (χ1v) is 20.7. The smallest absolute Gasteiger partial charge is 0.00675 e. The predicted molar refractivity (Wildman–Crippen MR) is 197 cm³/mol. The number of benzene rings is 6. The van der Waals surface area contributed by atoms with Crippen molar-refractivity contribution in [2.45, 2.75) is 26.2 Å². The number of rotatable bonds is 6. The summed E-state index contributed by atoms with van der Waals surface area (Å²) in [5, 5.41) is 8.43. The zero-order valence-electron chi connectivity index (χ0n) is 25.3. The quantitative estimate of drug-likeness (QED) is 0.0904. The molecule has 224 valence electrons. The Morgan fingerprint density at radius 2 is 0.705 bits per heavy atom. The fraction of sp³-hybridized carbons (Fsp3) is 0.100. The van der Waals surface area contributed by atoms with Crippen LogP contribution in [0.1, 0.15) is 26.3 Å². The second-order valence-corrected chi connectivity index (χ2v) is 15.4. The van der Waals surface area contributed by atoms with E-state index in [2.05, 4.69) is 215 Å². The van der Waals surface area contributed by atoms with Gasteiger partial charge in [0.05, 0.1) is 0 Å². The normalized spacial score (nSPS) is 10.8. The van der Waals surface area contributed by atoms with Gasteiger partial charge < -0.3 is 0 Å². The molecule has 0 N–H and O–H groups in total. The molecule has 4 heteroatoms. The van der Waals surface area contributed by atoms with Gasteiger partial charge in [0, 0.05) is 0 Å². The van der Waals surface area contributed by atoms with E-state index in [1.165, 1.54) is 37.4 Å². The Bertz CT molecular complexity index is 1460. The minimum atomic E-state index is -0.664. The van der Waals surface area contributed by atoms with Gasteiger partial charge in [0.1, 0.15) is 0 Å². The first-order valence-electron chi connectivity index (χ1n) is 14.5. The molecule has 0 aliphatic rings. The molecular weight excluding hydrogens is 729 g/mol. The van der Waals surface area contributed by atoms with E-state index in [1.54, 1.807) is 0 Å². The van der Waals surface area contributed by atoms with E-state index in [4.69, 9.17) is 0 Å². The van der Waals surface area contributed by atoms with Gasteiger partial charge in [0.15, 0.2) is 0 Å². The molecule has 6 aromatic carbocycles. The Kier molecular flexibility index (Phi) is 13.8. The molecule has 0 atom stereocenters. The molecule has 0 bridgehead atoms. The Morgan fingerprint density at radius 1 is 0.432 bits per heavy atom. The summed E-state index contributed by atoms with van der Waals surface area (Å²) >= 11 is 5.35. The monoisotopic (exact) mass is 764 g/mol. The van der Waals surface area contributed by atoms with Crippen LogP contribution in [0.2, 0.25) is 0 Å². The zero-order valence-corrected chi connectivity index (χ0v) is 30.2. The van der Waals surface area contributed by atoms with E-state index < -0.39 is 15.8 Å². The molecular formula is C40H37BrP2Pd. The molecule has 0 nitrogen and oxygen atoms in total. The maximum Gasteiger partial charge on any atom is -0.00675 e. The van der Waals surface area contributed by atoms with Gasteiger partial charge in [-0.05, 0) is 53.1 Å². The number of halogens is 1. The van der Waals surface area contributed by atoms with Gasteiger partial charge in [-0.25, -0.2) is 0 Å². The summed E-state index contributed by atoms with van der Waals surface area (Å²) < 4.78 is 0. The number of hydrogen-bond acceptors (Lipinski definition) is 0. The zero-order chi connectivity index (χ0) is 31.2. The molecule has 0 radical (unpaired) electrons. The van der Waals surface area contributed by atoms with E-state index in [-0.39, 0.29) is 5.41 Å². The summed E-state index contributed by atoms with van der Waals surface area (Å²) in [6.45, 7) is 6.63. The summed E-state index contributed by atoms with van der Waals surface area (Å²) in [6.07, 6.45) is 0. The van der Waals surface area contributed by atoms with E-state index in [0.717, 1.165) is 0 Å². The first-order chi connectivity index (χ1) is 21.5. The molecule has 0 unspecified atom stereocenters. The van der Waals surface area contributed by atoms with Crippen LogP contribution in [0.15, 0.2) is 170 Å². The average Bonchev–Trinajstić information content (AvgIpc) is 3.09. The van der Waals surface area contributed by atoms with Crippen molar-refractivity contribution < 1.29 is 17.2 Å². The average molecular weight is 766 g/mol. The van der Waals surface area contributed by atoms with Crippen LogP contribution in [-0.2, 0) is 22.6 Å². The summed E-state index contributed by atoms with van der Waals surface area (Å²) in [5.74, 6) is 0. The summed E-state index contributed by atoms with van der Waals surface area (Å²) in [6, 6.07) is 64.2. The number of hydrogen-bond donors (Lipinski definition) is 0. The van der Waals surface area contributed by atoms with Gasteiger partial charge in [-0.3, -0.25) is 0 Å². The van der Waals surface area contributed by atoms with Gasteiger partial charge in [-0.1, -0.05) is 166 Å². The minimum absolute atomic E-state index is 0.273. The predicted octanol–water partition coefficient (Wildman–Crippen LogP) is 8.83. The topological polar surface area (TPSA) is 0 Å². The molecule has 0 spiro atoms. The van der Waals surface area contributed by atoms with Crippen LogP contribution in [-0.4, -0.2) is 0 Å². The molecule has 0 aliphatic heterocycles. The van der Waals surface area contributed by atoms with Gasteiger partial charge in [-0.15, -0.1) is 0 Å². The minimum Gasteiger partial charge on any atom is -0.0622 e. The third kappa shape index (κ3) is 9.41. The van der Waals surface area contributed by atoms with E-state index >= 15 is 0 Å². The molecule has 0 saturated heterocycles.